The first-order valence-electron chi connectivity index (χ1n) is 8.37. The number of benzene rings is 1. The van der Waals surface area contributed by atoms with Gasteiger partial charge in [0.05, 0.1) is 6.61 Å². The normalized spacial score (nSPS) is 15.5. The number of hydrogen-bond donors (Lipinski definition) is 1. The molecule has 0 amide bonds. The number of nitrogens with one attached hydrogen (secondary N) is 1. The van der Waals surface area contributed by atoms with Crippen LogP contribution < -0.4 is 10.2 Å². The summed E-state index contributed by atoms with van der Waals surface area (Å²) in [4.78, 5) is 14.0. The first-order valence-corrected chi connectivity index (χ1v) is 8.37. The summed E-state index contributed by atoms with van der Waals surface area (Å²) in [5.74, 6) is 0.973. The van der Waals surface area contributed by atoms with Crippen molar-refractivity contribution in [2.75, 3.05) is 63.7 Å². The molecule has 0 atom stereocenters. The van der Waals surface area contributed by atoms with E-state index in [0.29, 0.717) is 0 Å². The predicted molar refractivity (Wildman–Crippen MR) is 97.5 cm³/mol. The molecule has 1 aromatic heterocycles. The molecule has 1 N–H and O–H groups in total. The standard InChI is InChI=1S/C18H25N5O/c1-19-16-5-3-15(4-6-16)17-18(21-8-7-20-17)23-11-9-22(10-12-23)13-14-24-2/h3-8,19H,9-14H2,1-2H3. The van der Waals surface area contributed by atoms with E-state index >= 15 is 0 Å². The second-order valence-corrected chi connectivity index (χ2v) is 5.88. The maximum absolute atomic E-state index is 5.17. The fourth-order valence-corrected chi connectivity index (χ4v) is 2.96. The Kier molecular flexibility index (Phi) is 5.61. The van der Waals surface area contributed by atoms with E-state index in [2.05, 4.69) is 49.4 Å². The van der Waals surface area contributed by atoms with Gasteiger partial charge in [0.15, 0.2) is 5.82 Å². The lowest BCUT2D eigenvalue weighted by molar-refractivity contribution is 0.144. The summed E-state index contributed by atoms with van der Waals surface area (Å²) in [6.07, 6.45) is 3.54. The molecule has 3 rings (SSSR count). The average Bonchev–Trinajstić information content (AvgIpc) is 2.67. The molecule has 6 heteroatoms. The number of methoxy groups -OCH3 is 1. The third-order valence-electron chi connectivity index (χ3n) is 4.41. The summed E-state index contributed by atoms with van der Waals surface area (Å²) in [5.41, 5.74) is 3.14. The van der Waals surface area contributed by atoms with Crippen LogP contribution in [0, 0.1) is 0 Å². The molecule has 0 saturated carbocycles. The Bertz CT molecular complexity index is 638. The number of hydrogen-bond acceptors (Lipinski definition) is 6. The zero-order valence-electron chi connectivity index (χ0n) is 14.4. The van der Waals surface area contributed by atoms with Crippen molar-refractivity contribution in [3.63, 3.8) is 0 Å². The summed E-state index contributed by atoms with van der Waals surface area (Å²) in [6.45, 7) is 5.75. The summed E-state index contributed by atoms with van der Waals surface area (Å²) >= 11 is 0. The first-order chi connectivity index (χ1) is 11.8. The Labute approximate surface area is 143 Å². The molecule has 1 fully saturated rings. The van der Waals surface area contributed by atoms with E-state index in [1.54, 1.807) is 19.5 Å². The lowest BCUT2D eigenvalue weighted by Gasteiger charge is -2.35. The van der Waals surface area contributed by atoms with Gasteiger partial charge in [-0.1, -0.05) is 12.1 Å². The lowest BCUT2D eigenvalue weighted by Crippen LogP contribution is -2.47. The van der Waals surface area contributed by atoms with Crippen molar-refractivity contribution in [1.29, 1.82) is 0 Å². The zero-order chi connectivity index (χ0) is 16.8. The minimum absolute atomic E-state index is 0.786. The molecule has 1 aliphatic heterocycles. The van der Waals surface area contributed by atoms with Crippen molar-refractivity contribution in [3.8, 4) is 11.3 Å². The van der Waals surface area contributed by atoms with Gasteiger partial charge < -0.3 is 15.0 Å². The number of nitrogens with zero attached hydrogens (tertiary/aromatic N) is 4. The Morgan fingerprint density at radius 3 is 2.42 bits per heavy atom. The molecule has 0 spiro atoms. The Hall–Kier alpha value is -2.18. The number of piperazine rings is 1. The van der Waals surface area contributed by atoms with Gasteiger partial charge in [0.2, 0.25) is 0 Å². The number of rotatable bonds is 6. The minimum Gasteiger partial charge on any atom is -0.388 e. The highest BCUT2D eigenvalue weighted by molar-refractivity contribution is 5.73. The van der Waals surface area contributed by atoms with Crippen molar-refractivity contribution in [1.82, 2.24) is 14.9 Å². The lowest BCUT2D eigenvalue weighted by atomic mass is 10.1. The Morgan fingerprint density at radius 1 is 1.04 bits per heavy atom. The third kappa shape index (κ3) is 3.83. The van der Waals surface area contributed by atoms with Crippen molar-refractivity contribution in [2.45, 2.75) is 0 Å². The molecule has 128 valence electrons. The Balaban J connectivity index is 1.75. The predicted octanol–water partition coefficient (Wildman–Crippen LogP) is 1.95. The Morgan fingerprint density at radius 2 is 1.75 bits per heavy atom. The van der Waals surface area contributed by atoms with Crippen LogP contribution in [0.5, 0.6) is 0 Å². The second kappa shape index (κ2) is 8.08. The largest absolute Gasteiger partial charge is 0.388 e. The SMILES string of the molecule is CNc1ccc(-c2nccnc2N2CCN(CCOC)CC2)cc1. The van der Waals surface area contributed by atoms with Gasteiger partial charge in [0, 0.05) is 70.5 Å². The quantitative estimate of drug-likeness (QED) is 0.875. The molecule has 0 aliphatic carbocycles. The van der Waals surface area contributed by atoms with Crippen molar-refractivity contribution in [2.24, 2.45) is 0 Å². The van der Waals surface area contributed by atoms with Gasteiger partial charge >= 0.3 is 0 Å². The summed E-state index contributed by atoms with van der Waals surface area (Å²) < 4.78 is 5.17. The van der Waals surface area contributed by atoms with Crippen LogP contribution in [0.15, 0.2) is 36.7 Å². The van der Waals surface area contributed by atoms with Crippen LogP contribution in [-0.2, 0) is 4.74 Å². The van der Waals surface area contributed by atoms with Gasteiger partial charge in [-0.15, -0.1) is 0 Å². The number of anilines is 2. The maximum atomic E-state index is 5.17. The highest BCUT2D eigenvalue weighted by atomic mass is 16.5. The second-order valence-electron chi connectivity index (χ2n) is 5.88. The van der Waals surface area contributed by atoms with Crippen LogP contribution in [0.1, 0.15) is 0 Å². The van der Waals surface area contributed by atoms with Gasteiger partial charge in [0.1, 0.15) is 5.69 Å². The molecule has 0 unspecified atom stereocenters. The maximum Gasteiger partial charge on any atom is 0.155 e. The minimum atomic E-state index is 0.786. The smallest absolute Gasteiger partial charge is 0.155 e. The third-order valence-corrected chi connectivity index (χ3v) is 4.41. The zero-order valence-corrected chi connectivity index (χ0v) is 14.4. The topological polar surface area (TPSA) is 53.5 Å². The molecular formula is C18H25N5O. The fourth-order valence-electron chi connectivity index (χ4n) is 2.96. The van der Waals surface area contributed by atoms with Gasteiger partial charge in [-0.05, 0) is 12.1 Å². The van der Waals surface area contributed by atoms with Crippen molar-refractivity contribution in [3.05, 3.63) is 36.7 Å². The van der Waals surface area contributed by atoms with E-state index in [9.17, 15) is 0 Å². The highest BCUT2D eigenvalue weighted by Gasteiger charge is 2.21. The highest BCUT2D eigenvalue weighted by Crippen LogP contribution is 2.28. The van der Waals surface area contributed by atoms with Crippen LogP contribution in [-0.4, -0.2) is 68.4 Å². The molecule has 2 heterocycles. The van der Waals surface area contributed by atoms with Gasteiger partial charge in [-0.25, -0.2) is 4.98 Å². The van der Waals surface area contributed by atoms with Crippen LogP contribution in [0.4, 0.5) is 11.5 Å². The fraction of sp³-hybridized carbons (Fsp3) is 0.444. The van der Waals surface area contributed by atoms with E-state index in [1.165, 1.54) is 0 Å². The molecule has 6 nitrogen and oxygen atoms in total. The molecular weight excluding hydrogens is 302 g/mol. The van der Waals surface area contributed by atoms with E-state index in [0.717, 1.165) is 62.1 Å². The molecule has 2 aromatic rings. The van der Waals surface area contributed by atoms with Gasteiger partial charge in [-0.2, -0.15) is 0 Å². The first kappa shape index (κ1) is 16.7. The average molecular weight is 327 g/mol. The molecule has 0 bridgehead atoms. The molecule has 0 radical (unpaired) electrons. The van der Waals surface area contributed by atoms with Crippen LogP contribution in [0.3, 0.4) is 0 Å². The van der Waals surface area contributed by atoms with Crippen LogP contribution in [0.25, 0.3) is 11.3 Å². The van der Waals surface area contributed by atoms with Crippen LogP contribution >= 0.6 is 0 Å². The number of aromatic nitrogens is 2. The van der Waals surface area contributed by atoms with E-state index < -0.39 is 0 Å². The molecule has 1 aliphatic rings. The van der Waals surface area contributed by atoms with Crippen LogP contribution in [0.2, 0.25) is 0 Å². The van der Waals surface area contributed by atoms with Crippen molar-refractivity contribution < 1.29 is 4.74 Å². The molecule has 1 saturated heterocycles. The van der Waals surface area contributed by atoms with E-state index in [1.807, 2.05) is 7.05 Å². The van der Waals surface area contributed by atoms with E-state index in [4.69, 9.17) is 4.74 Å². The van der Waals surface area contributed by atoms with Crippen molar-refractivity contribution >= 4 is 11.5 Å². The molecule has 1 aromatic carbocycles. The summed E-state index contributed by atoms with van der Waals surface area (Å²) in [6, 6.07) is 8.31. The molecule has 24 heavy (non-hydrogen) atoms. The van der Waals surface area contributed by atoms with E-state index in [-0.39, 0.29) is 0 Å². The summed E-state index contributed by atoms with van der Waals surface area (Å²) in [7, 11) is 3.67. The number of ether oxygens (including phenoxy) is 1. The summed E-state index contributed by atoms with van der Waals surface area (Å²) in [5, 5.41) is 3.14. The van der Waals surface area contributed by atoms with Gasteiger partial charge in [0.25, 0.3) is 0 Å². The van der Waals surface area contributed by atoms with Gasteiger partial charge in [-0.3, -0.25) is 9.88 Å². The monoisotopic (exact) mass is 327 g/mol.